The minimum atomic E-state index is -0.353. The average molecular weight is 364 g/mol. The number of carbonyl (C=O) groups excluding carboxylic acids is 1. The van der Waals surface area contributed by atoms with Crippen molar-refractivity contribution in [3.05, 3.63) is 51.8 Å². The molecule has 0 aliphatic heterocycles. The first-order chi connectivity index (χ1) is 10.5. The third-order valence-corrected chi connectivity index (χ3v) is 3.43. The molecule has 0 saturated carbocycles. The summed E-state index contributed by atoms with van der Waals surface area (Å²) in [6, 6.07) is 6.68. The Bertz CT molecular complexity index is 715. The number of nitrogens with one attached hydrogen (secondary N) is 1. The summed E-state index contributed by atoms with van der Waals surface area (Å²) < 4.78 is 5.51. The smallest absolute Gasteiger partial charge is 0.272 e. The van der Waals surface area contributed by atoms with Gasteiger partial charge in [-0.25, -0.2) is 5.43 Å². The Morgan fingerprint density at radius 3 is 2.86 bits per heavy atom. The van der Waals surface area contributed by atoms with Crippen LogP contribution in [0.2, 0.25) is 0 Å². The van der Waals surface area contributed by atoms with E-state index in [-0.39, 0.29) is 11.7 Å². The topological polar surface area (TPSA) is 83.8 Å². The number of phenols is 1. The molecule has 0 fully saturated rings. The number of hydrogen-bond donors (Lipinski definition) is 2. The van der Waals surface area contributed by atoms with Gasteiger partial charge in [-0.3, -0.25) is 9.78 Å². The summed E-state index contributed by atoms with van der Waals surface area (Å²) in [6.07, 6.45) is 2.94. The first-order valence-electron chi connectivity index (χ1n) is 6.34. The van der Waals surface area contributed by atoms with Crippen LogP contribution in [0, 0.1) is 6.92 Å². The molecule has 2 rings (SSSR count). The second-order valence-corrected chi connectivity index (χ2v) is 5.30. The largest absolute Gasteiger partial charge is 0.503 e. The number of aryl methyl sites for hydroxylation is 1. The molecule has 1 amide bonds. The molecule has 7 heteroatoms. The van der Waals surface area contributed by atoms with Gasteiger partial charge in [0.05, 0.1) is 23.4 Å². The van der Waals surface area contributed by atoms with Crippen LogP contribution >= 0.6 is 15.9 Å². The lowest BCUT2D eigenvalue weighted by Crippen LogP contribution is -2.17. The van der Waals surface area contributed by atoms with Gasteiger partial charge in [0.15, 0.2) is 11.5 Å². The molecule has 0 spiro atoms. The number of phenolic OH excluding ortho intramolecular Hbond substituents is 1. The number of amides is 1. The van der Waals surface area contributed by atoms with E-state index in [1.165, 1.54) is 19.5 Å². The van der Waals surface area contributed by atoms with Gasteiger partial charge in [0, 0.05) is 11.9 Å². The van der Waals surface area contributed by atoms with Gasteiger partial charge < -0.3 is 9.84 Å². The maximum Gasteiger partial charge on any atom is 0.272 e. The molecule has 6 nitrogen and oxygen atoms in total. The number of rotatable bonds is 4. The molecule has 0 aliphatic rings. The number of aromatic nitrogens is 1. The first kappa shape index (κ1) is 16.0. The lowest BCUT2D eigenvalue weighted by molar-refractivity contribution is 0.0955. The zero-order valence-electron chi connectivity index (χ0n) is 12.0. The van der Waals surface area contributed by atoms with Crippen LogP contribution in [0.1, 0.15) is 21.6 Å². The van der Waals surface area contributed by atoms with Crippen LogP contribution < -0.4 is 10.2 Å². The molecule has 0 saturated heterocycles. The highest BCUT2D eigenvalue weighted by atomic mass is 79.9. The van der Waals surface area contributed by atoms with Gasteiger partial charge in [-0.05, 0) is 52.7 Å². The van der Waals surface area contributed by atoms with Crippen molar-refractivity contribution in [2.45, 2.75) is 6.92 Å². The number of hydrazone groups is 1. The Labute approximate surface area is 136 Å². The summed E-state index contributed by atoms with van der Waals surface area (Å²) in [5.41, 5.74) is 4.32. The van der Waals surface area contributed by atoms with Crippen molar-refractivity contribution in [2.24, 2.45) is 5.10 Å². The average Bonchev–Trinajstić information content (AvgIpc) is 2.51. The van der Waals surface area contributed by atoms with E-state index in [1.54, 1.807) is 24.3 Å². The van der Waals surface area contributed by atoms with E-state index in [9.17, 15) is 9.90 Å². The Balaban J connectivity index is 2.08. The molecular weight excluding hydrogens is 350 g/mol. The van der Waals surface area contributed by atoms with Crippen molar-refractivity contribution in [1.82, 2.24) is 10.4 Å². The SMILES string of the molecule is COc1cc(/C=N/NC(=O)c2ccc(C)nc2)cc(Br)c1O. The van der Waals surface area contributed by atoms with E-state index >= 15 is 0 Å². The van der Waals surface area contributed by atoms with Gasteiger partial charge in [0.25, 0.3) is 5.91 Å². The predicted octanol–water partition coefficient (Wildman–Crippen LogP) is 2.63. The number of pyridine rings is 1. The van der Waals surface area contributed by atoms with E-state index in [1.807, 2.05) is 6.92 Å². The minimum Gasteiger partial charge on any atom is -0.503 e. The third-order valence-electron chi connectivity index (χ3n) is 2.82. The number of ether oxygens (including phenoxy) is 1. The number of hydrogen-bond acceptors (Lipinski definition) is 5. The van der Waals surface area contributed by atoms with Crippen LogP contribution in [0.5, 0.6) is 11.5 Å². The first-order valence-corrected chi connectivity index (χ1v) is 7.13. The van der Waals surface area contributed by atoms with Crippen molar-refractivity contribution in [1.29, 1.82) is 0 Å². The maximum atomic E-state index is 11.9. The van der Waals surface area contributed by atoms with Crippen molar-refractivity contribution in [3.8, 4) is 11.5 Å². The van der Waals surface area contributed by atoms with Crippen LogP contribution in [0.3, 0.4) is 0 Å². The zero-order valence-corrected chi connectivity index (χ0v) is 13.6. The third kappa shape index (κ3) is 3.82. The van der Waals surface area contributed by atoms with Gasteiger partial charge in [0.2, 0.25) is 0 Å². The quantitative estimate of drug-likeness (QED) is 0.645. The molecule has 1 aromatic heterocycles. The second kappa shape index (κ2) is 7.04. The highest BCUT2D eigenvalue weighted by Gasteiger charge is 2.08. The predicted molar refractivity (Wildman–Crippen MR) is 86.4 cm³/mol. The number of methoxy groups -OCH3 is 1. The number of nitrogens with zero attached hydrogens (tertiary/aromatic N) is 2. The summed E-state index contributed by atoms with van der Waals surface area (Å²) in [5.74, 6) is -0.0344. The highest BCUT2D eigenvalue weighted by molar-refractivity contribution is 9.10. The van der Waals surface area contributed by atoms with E-state index in [0.29, 0.717) is 21.3 Å². The number of aromatic hydroxyl groups is 1. The summed E-state index contributed by atoms with van der Waals surface area (Å²) in [4.78, 5) is 15.9. The minimum absolute atomic E-state index is 0.00872. The summed E-state index contributed by atoms with van der Waals surface area (Å²) in [7, 11) is 1.45. The number of benzene rings is 1. The standard InChI is InChI=1S/C15H14BrN3O3/c1-9-3-4-11(8-17-9)15(21)19-18-7-10-5-12(16)14(20)13(6-10)22-2/h3-8,20H,1-2H3,(H,19,21)/b18-7+. The molecule has 0 radical (unpaired) electrons. The lowest BCUT2D eigenvalue weighted by atomic mass is 10.2. The van der Waals surface area contributed by atoms with Crippen molar-refractivity contribution in [2.75, 3.05) is 7.11 Å². The Morgan fingerprint density at radius 1 is 1.45 bits per heavy atom. The van der Waals surface area contributed by atoms with E-state index in [2.05, 4.69) is 31.4 Å². The van der Waals surface area contributed by atoms with Crippen molar-refractivity contribution < 1.29 is 14.6 Å². The van der Waals surface area contributed by atoms with Gasteiger partial charge in [-0.1, -0.05) is 0 Å². The molecule has 0 aliphatic carbocycles. The molecular formula is C15H14BrN3O3. The molecule has 1 heterocycles. The molecule has 114 valence electrons. The highest BCUT2D eigenvalue weighted by Crippen LogP contribution is 2.34. The monoisotopic (exact) mass is 363 g/mol. The normalized spacial score (nSPS) is 10.7. The number of halogens is 1. The summed E-state index contributed by atoms with van der Waals surface area (Å²) in [6.45, 7) is 1.84. The van der Waals surface area contributed by atoms with Crippen molar-refractivity contribution >= 4 is 28.1 Å². The fourth-order valence-electron chi connectivity index (χ4n) is 1.66. The molecule has 2 N–H and O–H groups in total. The molecule has 0 bridgehead atoms. The molecule has 22 heavy (non-hydrogen) atoms. The number of carbonyl (C=O) groups is 1. The Kier molecular flexibility index (Phi) is 5.11. The molecule has 1 aromatic carbocycles. The van der Waals surface area contributed by atoms with Crippen LogP contribution in [-0.4, -0.2) is 29.3 Å². The lowest BCUT2D eigenvalue weighted by Gasteiger charge is -2.06. The van der Waals surface area contributed by atoms with Crippen molar-refractivity contribution in [3.63, 3.8) is 0 Å². The maximum absolute atomic E-state index is 11.9. The van der Waals surface area contributed by atoms with E-state index < -0.39 is 0 Å². The van der Waals surface area contributed by atoms with Gasteiger partial charge in [0.1, 0.15) is 0 Å². The Morgan fingerprint density at radius 2 is 2.23 bits per heavy atom. The zero-order chi connectivity index (χ0) is 16.1. The molecule has 2 aromatic rings. The van der Waals surface area contributed by atoms with Gasteiger partial charge in [-0.15, -0.1) is 0 Å². The van der Waals surface area contributed by atoms with Crippen LogP contribution in [0.15, 0.2) is 40.0 Å². The second-order valence-electron chi connectivity index (χ2n) is 4.44. The van der Waals surface area contributed by atoms with Gasteiger partial charge in [-0.2, -0.15) is 5.10 Å². The van der Waals surface area contributed by atoms with Crippen LogP contribution in [0.4, 0.5) is 0 Å². The fraction of sp³-hybridized carbons (Fsp3) is 0.133. The van der Waals surface area contributed by atoms with Gasteiger partial charge >= 0.3 is 0 Å². The fourth-order valence-corrected chi connectivity index (χ4v) is 2.12. The molecule has 0 unspecified atom stereocenters. The van der Waals surface area contributed by atoms with E-state index in [0.717, 1.165) is 5.69 Å². The van der Waals surface area contributed by atoms with Crippen LogP contribution in [0.25, 0.3) is 0 Å². The molecule has 0 atom stereocenters. The Hall–Kier alpha value is -2.41. The van der Waals surface area contributed by atoms with E-state index in [4.69, 9.17) is 4.74 Å². The van der Waals surface area contributed by atoms with Crippen LogP contribution in [-0.2, 0) is 0 Å². The summed E-state index contributed by atoms with van der Waals surface area (Å²) >= 11 is 3.21. The summed E-state index contributed by atoms with van der Waals surface area (Å²) in [5, 5.41) is 13.6.